The zero-order valence-electron chi connectivity index (χ0n) is 15.3. The van der Waals surface area contributed by atoms with Gasteiger partial charge in [0, 0.05) is 0 Å². The molecule has 0 saturated carbocycles. The molecular formula is C19H20N2O5S. The fourth-order valence-electron chi connectivity index (χ4n) is 2.44. The van der Waals surface area contributed by atoms with Gasteiger partial charge in [-0.25, -0.2) is 4.98 Å². The third-order valence-electron chi connectivity index (χ3n) is 3.66. The summed E-state index contributed by atoms with van der Waals surface area (Å²) in [7, 11) is 3.16. The molecular weight excluding hydrogens is 368 g/mol. The van der Waals surface area contributed by atoms with Gasteiger partial charge in [-0.2, -0.15) is 0 Å². The van der Waals surface area contributed by atoms with E-state index >= 15 is 0 Å². The Morgan fingerprint density at radius 1 is 1.00 bits per heavy atom. The molecule has 7 nitrogen and oxygen atoms in total. The number of ether oxygens (including phenoxy) is 4. The van der Waals surface area contributed by atoms with Gasteiger partial charge in [0.25, 0.3) is 5.91 Å². The molecule has 0 fully saturated rings. The van der Waals surface area contributed by atoms with E-state index < -0.39 is 0 Å². The average molecular weight is 388 g/mol. The van der Waals surface area contributed by atoms with Crippen LogP contribution in [0.15, 0.2) is 36.4 Å². The summed E-state index contributed by atoms with van der Waals surface area (Å²) >= 11 is 1.32. The molecule has 0 aliphatic rings. The van der Waals surface area contributed by atoms with Crippen LogP contribution in [0.5, 0.6) is 23.0 Å². The number of fused-ring (bicyclic) bond motifs is 1. The van der Waals surface area contributed by atoms with Gasteiger partial charge in [-0.3, -0.25) is 10.1 Å². The molecule has 0 aliphatic heterocycles. The van der Waals surface area contributed by atoms with Crippen molar-refractivity contribution in [2.75, 3.05) is 32.8 Å². The number of thiazole rings is 1. The molecule has 1 aromatic heterocycles. The largest absolute Gasteiger partial charge is 0.495 e. The molecule has 0 spiro atoms. The van der Waals surface area contributed by atoms with Gasteiger partial charge in [0.1, 0.15) is 33.2 Å². The van der Waals surface area contributed by atoms with Crippen LogP contribution >= 0.6 is 11.3 Å². The summed E-state index contributed by atoms with van der Waals surface area (Å²) < 4.78 is 22.3. The van der Waals surface area contributed by atoms with Crippen LogP contribution in [0.2, 0.25) is 0 Å². The maximum absolute atomic E-state index is 12.2. The van der Waals surface area contributed by atoms with E-state index in [-0.39, 0.29) is 12.5 Å². The smallest absolute Gasteiger partial charge is 0.264 e. The zero-order chi connectivity index (χ0) is 19.2. The fourth-order valence-corrected chi connectivity index (χ4v) is 3.43. The second-order valence-corrected chi connectivity index (χ2v) is 6.41. The predicted octanol–water partition coefficient (Wildman–Crippen LogP) is 3.73. The highest BCUT2D eigenvalue weighted by Crippen LogP contribution is 2.38. The predicted molar refractivity (Wildman–Crippen MR) is 104 cm³/mol. The SMILES string of the molecule is CCOc1ccc(OCC(=O)Nc2nc3c(OC)ccc(OC)c3s2)cc1. The van der Waals surface area contributed by atoms with Gasteiger partial charge in [0.05, 0.1) is 20.8 Å². The van der Waals surface area contributed by atoms with Crippen molar-refractivity contribution in [1.29, 1.82) is 0 Å². The lowest BCUT2D eigenvalue weighted by atomic mass is 10.3. The topological polar surface area (TPSA) is 78.9 Å². The number of aromatic nitrogens is 1. The van der Waals surface area contributed by atoms with Crippen molar-refractivity contribution < 1.29 is 23.7 Å². The Morgan fingerprint density at radius 3 is 2.26 bits per heavy atom. The number of amides is 1. The first-order valence-electron chi connectivity index (χ1n) is 8.31. The Labute approximate surface area is 160 Å². The molecule has 0 atom stereocenters. The number of nitrogens with one attached hydrogen (secondary N) is 1. The molecule has 0 bridgehead atoms. The minimum atomic E-state index is -0.305. The summed E-state index contributed by atoms with van der Waals surface area (Å²) in [4.78, 5) is 16.6. The number of carbonyl (C=O) groups excluding carboxylic acids is 1. The van der Waals surface area contributed by atoms with E-state index in [4.69, 9.17) is 18.9 Å². The van der Waals surface area contributed by atoms with Crippen LogP contribution in [-0.4, -0.2) is 38.3 Å². The molecule has 0 radical (unpaired) electrons. The van der Waals surface area contributed by atoms with Crippen LogP contribution in [-0.2, 0) is 4.79 Å². The second kappa shape index (κ2) is 8.59. The van der Waals surface area contributed by atoms with Crippen LogP contribution in [0.3, 0.4) is 0 Å². The Balaban J connectivity index is 1.65. The minimum absolute atomic E-state index is 0.127. The third-order valence-corrected chi connectivity index (χ3v) is 4.65. The Hall–Kier alpha value is -3.00. The van der Waals surface area contributed by atoms with Gasteiger partial charge in [0.2, 0.25) is 0 Å². The molecule has 1 N–H and O–H groups in total. The van der Waals surface area contributed by atoms with E-state index in [9.17, 15) is 4.79 Å². The van der Waals surface area contributed by atoms with Crippen LogP contribution in [0, 0.1) is 0 Å². The Bertz CT molecular complexity index is 883. The average Bonchev–Trinajstić information content (AvgIpc) is 3.10. The van der Waals surface area contributed by atoms with Gasteiger partial charge in [0.15, 0.2) is 11.7 Å². The Kier molecular flexibility index (Phi) is 5.97. The molecule has 142 valence electrons. The molecule has 0 unspecified atom stereocenters. The zero-order valence-corrected chi connectivity index (χ0v) is 16.1. The molecule has 0 aliphatic carbocycles. The first-order chi connectivity index (χ1) is 13.1. The van der Waals surface area contributed by atoms with Crippen molar-refractivity contribution in [2.24, 2.45) is 0 Å². The standard InChI is InChI=1S/C19H20N2O5S/c1-4-25-12-5-7-13(8-6-12)26-11-16(22)20-19-21-17-14(23-2)9-10-15(24-3)18(17)27-19/h5-10H,4,11H2,1-3H3,(H,20,21,22). The molecule has 27 heavy (non-hydrogen) atoms. The van der Waals surface area contributed by atoms with Gasteiger partial charge in [-0.05, 0) is 43.3 Å². The summed E-state index contributed by atoms with van der Waals surface area (Å²) in [6.07, 6.45) is 0. The normalized spacial score (nSPS) is 10.5. The molecule has 3 rings (SSSR count). The van der Waals surface area contributed by atoms with Crippen molar-refractivity contribution in [1.82, 2.24) is 4.98 Å². The highest BCUT2D eigenvalue weighted by atomic mass is 32.1. The summed E-state index contributed by atoms with van der Waals surface area (Å²) in [5.74, 6) is 2.33. The summed E-state index contributed by atoms with van der Waals surface area (Å²) in [5, 5.41) is 3.20. The number of hydrogen-bond donors (Lipinski definition) is 1. The van der Waals surface area contributed by atoms with Crippen LogP contribution in [0.1, 0.15) is 6.92 Å². The summed E-state index contributed by atoms with van der Waals surface area (Å²) in [6.45, 7) is 2.39. The first-order valence-corrected chi connectivity index (χ1v) is 9.13. The van der Waals surface area contributed by atoms with Crippen molar-refractivity contribution >= 4 is 32.6 Å². The van der Waals surface area contributed by atoms with E-state index in [2.05, 4.69) is 10.3 Å². The molecule has 1 amide bonds. The number of hydrogen-bond acceptors (Lipinski definition) is 7. The van der Waals surface area contributed by atoms with Crippen molar-refractivity contribution in [3.63, 3.8) is 0 Å². The van der Waals surface area contributed by atoms with E-state index in [1.54, 1.807) is 50.6 Å². The lowest BCUT2D eigenvalue weighted by molar-refractivity contribution is -0.118. The van der Waals surface area contributed by atoms with Crippen LogP contribution < -0.4 is 24.3 Å². The van der Waals surface area contributed by atoms with Gasteiger partial charge in [-0.15, -0.1) is 0 Å². The third kappa shape index (κ3) is 4.40. The van der Waals surface area contributed by atoms with Gasteiger partial charge < -0.3 is 18.9 Å². The summed E-state index contributed by atoms with van der Waals surface area (Å²) in [6, 6.07) is 10.7. The fraction of sp³-hybridized carbons (Fsp3) is 0.263. The lowest BCUT2D eigenvalue weighted by Crippen LogP contribution is -2.19. The Morgan fingerprint density at radius 2 is 1.63 bits per heavy atom. The van der Waals surface area contributed by atoms with Crippen molar-refractivity contribution in [3.05, 3.63) is 36.4 Å². The van der Waals surface area contributed by atoms with Crippen molar-refractivity contribution in [3.8, 4) is 23.0 Å². The number of rotatable bonds is 8. The number of anilines is 1. The van der Waals surface area contributed by atoms with Crippen LogP contribution in [0.4, 0.5) is 5.13 Å². The minimum Gasteiger partial charge on any atom is -0.495 e. The number of benzene rings is 2. The molecule has 0 saturated heterocycles. The summed E-state index contributed by atoms with van der Waals surface area (Å²) in [5.41, 5.74) is 0.643. The molecule has 1 heterocycles. The van der Waals surface area contributed by atoms with E-state index in [0.29, 0.717) is 34.5 Å². The van der Waals surface area contributed by atoms with Gasteiger partial charge >= 0.3 is 0 Å². The highest BCUT2D eigenvalue weighted by molar-refractivity contribution is 7.22. The van der Waals surface area contributed by atoms with E-state index in [0.717, 1.165) is 10.4 Å². The van der Waals surface area contributed by atoms with Gasteiger partial charge in [-0.1, -0.05) is 11.3 Å². The lowest BCUT2D eigenvalue weighted by Gasteiger charge is -2.07. The monoisotopic (exact) mass is 388 g/mol. The maximum atomic E-state index is 12.2. The maximum Gasteiger partial charge on any atom is 0.264 e. The van der Waals surface area contributed by atoms with Crippen LogP contribution in [0.25, 0.3) is 10.2 Å². The highest BCUT2D eigenvalue weighted by Gasteiger charge is 2.15. The second-order valence-electron chi connectivity index (χ2n) is 5.41. The van der Waals surface area contributed by atoms with E-state index in [1.807, 2.05) is 6.92 Å². The first kappa shape index (κ1) is 18.8. The number of methoxy groups -OCH3 is 2. The number of carbonyl (C=O) groups is 1. The molecule has 8 heteroatoms. The number of nitrogens with zero attached hydrogens (tertiary/aromatic N) is 1. The van der Waals surface area contributed by atoms with E-state index in [1.165, 1.54) is 11.3 Å². The quantitative estimate of drug-likeness (QED) is 0.633. The molecule has 3 aromatic rings. The van der Waals surface area contributed by atoms with Crippen molar-refractivity contribution in [2.45, 2.75) is 6.92 Å². The molecule has 2 aromatic carbocycles.